The first-order valence-electron chi connectivity index (χ1n) is 7.18. The van der Waals surface area contributed by atoms with Crippen LogP contribution in [0.3, 0.4) is 0 Å². The van der Waals surface area contributed by atoms with Gasteiger partial charge in [-0.1, -0.05) is 6.92 Å². The van der Waals surface area contributed by atoms with Crippen molar-refractivity contribution in [2.75, 3.05) is 26.7 Å². The second kappa shape index (κ2) is 8.06. The van der Waals surface area contributed by atoms with Crippen molar-refractivity contribution in [1.29, 1.82) is 0 Å². The Morgan fingerprint density at radius 2 is 1.88 bits per heavy atom. The maximum absolute atomic E-state index is 5.61. The summed E-state index contributed by atoms with van der Waals surface area (Å²) >= 11 is 0. The van der Waals surface area contributed by atoms with Gasteiger partial charge in [0.25, 0.3) is 0 Å². The number of hydrogen-bond acceptors (Lipinski definition) is 3. The third kappa shape index (κ3) is 5.84. The van der Waals surface area contributed by atoms with E-state index in [2.05, 4.69) is 38.0 Å². The van der Waals surface area contributed by atoms with Crippen molar-refractivity contribution < 1.29 is 4.74 Å². The molecule has 17 heavy (non-hydrogen) atoms. The van der Waals surface area contributed by atoms with Crippen molar-refractivity contribution in [3.8, 4) is 0 Å². The molecule has 1 N–H and O–H groups in total. The van der Waals surface area contributed by atoms with Crippen LogP contribution in [-0.2, 0) is 4.74 Å². The minimum Gasteiger partial charge on any atom is -0.377 e. The van der Waals surface area contributed by atoms with Gasteiger partial charge in [-0.2, -0.15) is 0 Å². The topological polar surface area (TPSA) is 24.5 Å². The van der Waals surface area contributed by atoms with Gasteiger partial charge in [-0.3, -0.25) is 0 Å². The van der Waals surface area contributed by atoms with Gasteiger partial charge in [0.15, 0.2) is 0 Å². The highest BCUT2D eigenvalue weighted by Gasteiger charge is 2.23. The molecule has 0 unspecified atom stereocenters. The summed E-state index contributed by atoms with van der Waals surface area (Å²) in [5.41, 5.74) is 0. The average Bonchev–Trinajstić information content (AvgIpc) is 2.30. The monoisotopic (exact) mass is 242 g/mol. The van der Waals surface area contributed by atoms with E-state index in [9.17, 15) is 0 Å². The second-order valence-corrected chi connectivity index (χ2v) is 5.46. The molecule has 0 bridgehead atoms. The molecule has 102 valence electrons. The van der Waals surface area contributed by atoms with E-state index < -0.39 is 0 Å². The zero-order valence-corrected chi connectivity index (χ0v) is 12.0. The highest BCUT2D eigenvalue weighted by atomic mass is 16.5. The Balaban J connectivity index is 2.14. The smallest absolute Gasteiger partial charge is 0.0596 e. The number of hydrogen-bond donors (Lipinski definition) is 1. The zero-order valence-electron chi connectivity index (χ0n) is 12.0. The Kier molecular flexibility index (Phi) is 7.09. The largest absolute Gasteiger partial charge is 0.377 e. The van der Waals surface area contributed by atoms with Gasteiger partial charge in [-0.05, 0) is 53.1 Å². The number of ether oxygens (including phenoxy) is 1. The minimum atomic E-state index is 0.355. The van der Waals surface area contributed by atoms with Crippen LogP contribution < -0.4 is 5.32 Å². The van der Waals surface area contributed by atoms with Crippen LogP contribution in [0.5, 0.6) is 0 Å². The summed E-state index contributed by atoms with van der Waals surface area (Å²) in [5, 5.41) is 3.56. The van der Waals surface area contributed by atoms with Crippen LogP contribution in [0.4, 0.5) is 0 Å². The summed E-state index contributed by atoms with van der Waals surface area (Å²) in [6.07, 6.45) is 5.67. The lowest BCUT2D eigenvalue weighted by Crippen LogP contribution is -2.41. The molecule has 0 amide bonds. The highest BCUT2D eigenvalue weighted by molar-refractivity contribution is 4.81. The molecule has 3 nitrogen and oxygen atoms in total. The van der Waals surface area contributed by atoms with Gasteiger partial charge in [-0.25, -0.2) is 0 Å². The zero-order chi connectivity index (χ0) is 12.7. The molecule has 1 aliphatic rings. The average molecular weight is 242 g/mol. The minimum absolute atomic E-state index is 0.355. The molecule has 1 rings (SSSR count). The van der Waals surface area contributed by atoms with Gasteiger partial charge >= 0.3 is 0 Å². The maximum Gasteiger partial charge on any atom is 0.0596 e. The number of nitrogens with zero attached hydrogens (tertiary/aromatic N) is 1. The molecular weight excluding hydrogens is 212 g/mol. The lowest BCUT2D eigenvalue weighted by atomic mass is 9.90. The van der Waals surface area contributed by atoms with Crippen LogP contribution in [0.15, 0.2) is 0 Å². The number of nitrogens with one attached hydrogen (secondary N) is 1. The van der Waals surface area contributed by atoms with E-state index in [0.29, 0.717) is 6.10 Å². The Labute approximate surface area is 107 Å². The third-order valence-electron chi connectivity index (χ3n) is 3.71. The highest BCUT2D eigenvalue weighted by Crippen LogP contribution is 2.22. The van der Waals surface area contributed by atoms with Crippen molar-refractivity contribution in [1.82, 2.24) is 10.2 Å². The molecule has 0 aliphatic heterocycles. The van der Waals surface area contributed by atoms with Gasteiger partial charge in [-0.15, -0.1) is 0 Å². The predicted molar refractivity (Wildman–Crippen MR) is 73.4 cm³/mol. The molecule has 1 aliphatic carbocycles. The van der Waals surface area contributed by atoms with E-state index in [-0.39, 0.29) is 0 Å². The van der Waals surface area contributed by atoms with Crippen molar-refractivity contribution in [3.05, 3.63) is 0 Å². The first-order chi connectivity index (χ1) is 8.13. The van der Waals surface area contributed by atoms with Crippen LogP contribution in [0, 0.1) is 0 Å². The molecule has 1 fully saturated rings. The number of likely N-dealkylation sites (N-methyl/N-ethyl adjacent to an activating group) is 1. The van der Waals surface area contributed by atoms with Gasteiger partial charge in [0, 0.05) is 18.6 Å². The second-order valence-electron chi connectivity index (χ2n) is 5.46. The molecule has 3 heteroatoms. The predicted octanol–water partition coefficient (Wildman–Crippen LogP) is 2.26. The van der Waals surface area contributed by atoms with E-state index in [1.54, 1.807) is 0 Å². The van der Waals surface area contributed by atoms with Crippen LogP contribution in [0.25, 0.3) is 0 Å². The fraction of sp³-hybridized carbons (Fsp3) is 1.00. The van der Waals surface area contributed by atoms with Gasteiger partial charge in [0.2, 0.25) is 0 Å². The molecule has 0 atom stereocenters. The molecule has 0 aromatic heterocycles. The lowest BCUT2D eigenvalue weighted by molar-refractivity contribution is 0.0502. The van der Waals surface area contributed by atoms with E-state index in [1.807, 2.05) is 0 Å². The van der Waals surface area contributed by atoms with Crippen LogP contribution in [-0.4, -0.2) is 49.8 Å². The molecule has 1 saturated carbocycles. The quantitative estimate of drug-likeness (QED) is 0.741. The molecule has 0 spiro atoms. The molecule has 0 saturated heterocycles. The Bertz CT molecular complexity index is 189. The summed E-state index contributed by atoms with van der Waals surface area (Å²) in [4.78, 5) is 2.48. The van der Waals surface area contributed by atoms with Crippen molar-refractivity contribution >= 4 is 0 Å². The lowest BCUT2D eigenvalue weighted by Gasteiger charge is -2.35. The first kappa shape index (κ1) is 14.9. The van der Waals surface area contributed by atoms with E-state index in [0.717, 1.165) is 31.8 Å². The van der Waals surface area contributed by atoms with E-state index >= 15 is 0 Å². The SMILES string of the molecule is CCNC1CCC(N(C)CCOC(C)C)CC1. The third-order valence-corrected chi connectivity index (χ3v) is 3.71. The summed E-state index contributed by atoms with van der Waals surface area (Å²) in [6, 6.07) is 1.53. The van der Waals surface area contributed by atoms with Crippen LogP contribution in [0.1, 0.15) is 46.5 Å². The van der Waals surface area contributed by atoms with Gasteiger partial charge < -0.3 is 15.0 Å². The van der Waals surface area contributed by atoms with E-state index in [4.69, 9.17) is 4.74 Å². The molecule has 0 radical (unpaired) electrons. The van der Waals surface area contributed by atoms with E-state index in [1.165, 1.54) is 25.7 Å². The molecular formula is C14H30N2O. The summed E-state index contributed by atoms with van der Waals surface area (Å²) in [6.45, 7) is 9.42. The van der Waals surface area contributed by atoms with Gasteiger partial charge in [0.1, 0.15) is 0 Å². The van der Waals surface area contributed by atoms with Crippen LogP contribution in [0.2, 0.25) is 0 Å². The first-order valence-corrected chi connectivity index (χ1v) is 7.18. The fourth-order valence-electron chi connectivity index (χ4n) is 2.62. The molecule has 0 heterocycles. The standard InChI is InChI=1S/C14H30N2O/c1-5-15-13-6-8-14(9-7-13)16(4)10-11-17-12(2)3/h12-15H,5-11H2,1-4H3. The fourth-order valence-corrected chi connectivity index (χ4v) is 2.62. The van der Waals surface area contributed by atoms with Gasteiger partial charge in [0.05, 0.1) is 12.7 Å². The maximum atomic E-state index is 5.61. The normalized spacial score (nSPS) is 25.8. The Morgan fingerprint density at radius 1 is 1.24 bits per heavy atom. The van der Waals surface area contributed by atoms with Crippen molar-refractivity contribution in [2.24, 2.45) is 0 Å². The summed E-state index contributed by atoms with van der Waals surface area (Å²) in [7, 11) is 2.24. The Morgan fingerprint density at radius 3 is 2.41 bits per heavy atom. The summed E-state index contributed by atoms with van der Waals surface area (Å²) < 4.78 is 5.61. The summed E-state index contributed by atoms with van der Waals surface area (Å²) in [5.74, 6) is 0. The molecule has 0 aromatic carbocycles. The Hall–Kier alpha value is -0.120. The van der Waals surface area contributed by atoms with Crippen molar-refractivity contribution in [3.63, 3.8) is 0 Å². The molecule has 0 aromatic rings. The van der Waals surface area contributed by atoms with Crippen molar-refractivity contribution in [2.45, 2.75) is 64.6 Å². The van der Waals surface area contributed by atoms with Crippen LogP contribution >= 0.6 is 0 Å². The number of rotatable bonds is 7.